The summed E-state index contributed by atoms with van der Waals surface area (Å²) in [6, 6.07) is -0.348. The maximum Gasteiger partial charge on any atom is 0.223 e. The Kier molecular flexibility index (Phi) is 7.04. The zero-order valence-corrected chi connectivity index (χ0v) is 20.8. The Labute approximate surface area is 198 Å². The molecule has 0 spiro atoms. The number of halogens is 1. The first-order valence-corrected chi connectivity index (χ1v) is 13.7. The van der Waals surface area contributed by atoms with Crippen molar-refractivity contribution in [3.05, 3.63) is 22.5 Å². The summed E-state index contributed by atoms with van der Waals surface area (Å²) in [5, 5.41) is 14.1. The van der Waals surface area contributed by atoms with Crippen molar-refractivity contribution < 1.29 is 13.5 Å². The third-order valence-electron chi connectivity index (χ3n) is 6.35. The number of β-amino-alcohol motifs (C(OH)–C–C–N with tert-alkyl or cyclic N) is 1. The van der Waals surface area contributed by atoms with Crippen LogP contribution in [0.2, 0.25) is 5.02 Å². The van der Waals surface area contributed by atoms with E-state index in [1.54, 1.807) is 6.20 Å². The van der Waals surface area contributed by atoms with Crippen LogP contribution in [0.1, 0.15) is 36.4 Å². The lowest BCUT2D eigenvalue weighted by Crippen LogP contribution is -2.51. The van der Waals surface area contributed by atoms with Gasteiger partial charge < -0.3 is 15.3 Å². The van der Waals surface area contributed by atoms with Gasteiger partial charge in [-0.2, -0.15) is 8.68 Å². The molecule has 0 amide bonds. The summed E-state index contributed by atoms with van der Waals surface area (Å²) in [5.41, 5.74) is 2.87. The van der Waals surface area contributed by atoms with Crippen molar-refractivity contribution >= 4 is 39.1 Å². The number of rotatable bonds is 5. The molecule has 2 aromatic heterocycles. The molecule has 12 heteroatoms. The minimum Gasteiger partial charge on any atom is -0.390 e. The highest BCUT2D eigenvalue weighted by Gasteiger charge is 2.32. The Morgan fingerprint density at radius 1 is 1.25 bits per heavy atom. The van der Waals surface area contributed by atoms with E-state index >= 15 is 0 Å². The van der Waals surface area contributed by atoms with Gasteiger partial charge in [-0.3, -0.25) is 0 Å². The molecule has 2 N–H and O–H groups in total. The van der Waals surface area contributed by atoms with Crippen molar-refractivity contribution in [3.8, 4) is 10.6 Å². The Bertz CT molecular complexity index is 1070. The van der Waals surface area contributed by atoms with Crippen LogP contribution in [0, 0.1) is 6.92 Å². The third-order valence-corrected chi connectivity index (χ3v) is 8.87. The van der Waals surface area contributed by atoms with Gasteiger partial charge in [0.25, 0.3) is 0 Å². The summed E-state index contributed by atoms with van der Waals surface area (Å²) in [4.78, 5) is 12.2. The molecule has 0 bridgehead atoms. The number of anilines is 1. The Morgan fingerprint density at radius 3 is 2.62 bits per heavy atom. The standard InChI is InChI=1S/C20H29ClN6O3S2/c1-12-17(13-4-7-26(2)8-5-13)25-31-19(12)18-14(21)10-22-20(24-18)23-15-6-9-27(11-16(15)28)32(3,29)30/h10,13,15-16,28H,4-9,11H2,1-3H3,(H,22,23,24)/t15-,16-/m1/s1. The Morgan fingerprint density at radius 2 is 1.97 bits per heavy atom. The molecular formula is C20H29ClN6O3S2. The molecule has 2 aromatic rings. The SMILES string of the molecule is Cc1c(C2CCN(C)CC2)nsc1-c1nc(N[C@@H]2CCN(S(C)(=O)=O)C[C@H]2O)ncc1Cl. The number of piperidine rings is 2. The average Bonchev–Trinajstić information content (AvgIpc) is 3.12. The predicted molar refractivity (Wildman–Crippen MR) is 127 cm³/mol. The van der Waals surface area contributed by atoms with Crippen LogP contribution >= 0.6 is 23.1 Å². The molecule has 2 aliphatic rings. The highest BCUT2D eigenvalue weighted by Crippen LogP contribution is 2.38. The van der Waals surface area contributed by atoms with Gasteiger partial charge in [0.05, 0.1) is 40.2 Å². The van der Waals surface area contributed by atoms with E-state index in [0.717, 1.165) is 48.3 Å². The monoisotopic (exact) mass is 500 g/mol. The third kappa shape index (κ3) is 5.07. The van der Waals surface area contributed by atoms with Crippen molar-refractivity contribution in [2.75, 3.05) is 44.8 Å². The lowest BCUT2D eigenvalue weighted by Gasteiger charge is -2.34. The van der Waals surface area contributed by atoms with Crippen LogP contribution in [0.4, 0.5) is 5.95 Å². The first kappa shape index (κ1) is 23.8. The summed E-state index contributed by atoms with van der Waals surface area (Å²) in [6.07, 6.45) is 4.49. The van der Waals surface area contributed by atoms with E-state index < -0.39 is 16.1 Å². The molecule has 0 radical (unpaired) electrons. The smallest absolute Gasteiger partial charge is 0.223 e. The van der Waals surface area contributed by atoms with E-state index in [2.05, 4.69) is 34.2 Å². The van der Waals surface area contributed by atoms with Crippen LogP contribution in [0.25, 0.3) is 10.6 Å². The first-order valence-electron chi connectivity index (χ1n) is 10.7. The van der Waals surface area contributed by atoms with E-state index in [-0.39, 0.29) is 12.6 Å². The number of sulfonamides is 1. The van der Waals surface area contributed by atoms with Gasteiger partial charge in [-0.25, -0.2) is 18.4 Å². The summed E-state index contributed by atoms with van der Waals surface area (Å²) < 4.78 is 29.5. The van der Waals surface area contributed by atoms with Gasteiger partial charge in [0.15, 0.2) is 0 Å². The van der Waals surface area contributed by atoms with E-state index in [1.165, 1.54) is 15.8 Å². The first-order chi connectivity index (χ1) is 15.1. The molecule has 4 rings (SSSR count). The molecule has 0 unspecified atom stereocenters. The van der Waals surface area contributed by atoms with Gasteiger partial charge in [0.2, 0.25) is 16.0 Å². The van der Waals surface area contributed by atoms with Gasteiger partial charge >= 0.3 is 0 Å². The van der Waals surface area contributed by atoms with Crippen molar-refractivity contribution in [3.63, 3.8) is 0 Å². The van der Waals surface area contributed by atoms with Crippen molar-refractivity contribution in [2.24, 2.45) is 0 Å². The summed E-state index contributed by atoms with van der Waals surface area (Å²) >= 11 is 7.86. The van der Waals surface area contributed by atoms with Gasteiger partial charge in [-0.05, 0) is 63.4 Å². The predicted octanol–water partition coefficient (Wildman–Crippen LogP) is 2.18. The Hall–Kier alpha value is -1.37. The number of aliphatic hydroxyl groups excluding tert-OH is 1. The van der Waals surface area contributed by atoms with E-state index in [9.17, 15) is 13.5 Å². The maximum absolute atomic E-state index is 11.7. The second-order valence-corrected chi connectivity index (χ2v) is 11.9. The molecule has 176 valence electrons. The number of aliphatic hydroxyl groups is 1. The Balaban J connectivity index is 1.52. The van der Waals surface area contributed by atoms with Crippen LogP contribution in [-0.4, -0.2) is 88.7 Å². The number of likely N-dealkylation sites (tertiary alicyclic amines) is 1. The molecule has 9 nitrogen and oxygen atoms in total. The second kappa shape index (κ2) is 9.47. The van der Waals surface area contributed by atoms with Crippen LogP contribution < -0.4 is 5.32 Å². The van der Waals surface area contributed by atoms with Crippen molar-refractivity contribution in [2.45, 2.75) is 44.2 Å². The lowest BCUT2D eigenvalue weighted by atomic mass is 9.91. The van der Waals surface area contributed by atoms with Crippen LogP contribution in [0.15, 0.2) is 6.20 Å². The minimum absolute atomic E-state index is 0.0465. The van der Waals surface area contributed by atoms with Crippen molar-refractivity contribution in [1.82, 2.24) is 23.5 Å². The maximum atomic E-state index is 11.7. The van der Waals surface area contributed by atoms with Crippen LogP contribution in [-0.2, 0) is 10.0 Å². The fraction of sp³-hybridized carbons (Fsp3) is 0.650. The quantitative estimate of drug-likeness (QED) is 0.642. The fourth-order valence-corrected chi connectivity index (χ4v) is 6.43. The average molecular weight is 501 g/mol. The van der Waals surface area contributed by atoms with Crippen LogP contribution in [0.5, 0.6) is 0 Å². The normalized spacial score (nSPS) is 24.0. The number of nitrogens with zero attached hydrogens (tertiary/aromatic N) is 5. The van der Waals surface area contributed by atoms with Crippen LogP contribution in [0.3, 0.4) is 0 Å². The molecule has 2 saturated heterocycles. The summed E-state index contributed by atoms with van der Waals surface area (Å²) in [7, 11) is -1.18. The fourth-order valence-electron chi connectivity index (χ4n) is 4.37. The lowest BCUT2D eigenvalue weighted by molar-refractivity contribution is 0.0950. The molecule has 2 aliphatic heterocycles. The molecule has 4 heterocycles. The highest BCUT2D eigenvalue weighted by atomic mass is 35.5. The van der Waals surface area contributed by atoms with Gasteiger partial charge in [-0.15, -0.1) is 0 Å². The second-order valence-electron chi connectivity index (χ2n) is 8.72. The van der Waals surface area contributed by atoms with Gasteiger partial charge in [-0.1, -0.05) is 11.6 Å². The zero-order chi connectivity index (χ0) is 23.0. The number of aromatic nitrogens is 3. The molecule has 2 fully saturated rings. The molecule has 2 atom stereocenters. The molecule has 0 aliphatic carbocycles. The number of hydrogen-bond donors (Lipinski definition) is 2. The number of nitrogens with one attached hydrogen (secondary N) is 1. The summed E-state index contributed by atoms with van der Waals surface area (Å²) in [5.74, 6) is 0.805. The summed E-state index contributed by atoms with van der Waals surface area (Å²) in [6.45, 7) is 4.59. The van der Waals surface area contributed by atoms with Gasteiger partial charge in [0, 0.05) is 19.0 Å². The highest BCUT2D eigenvalue weighted by molar-refractivity contribution is 7.88. The van der Waals surface area contributed by atoms with E-state index in [0.29, 0.717) is 35.5 Å². The number of hydrogen-bond acceptors (Lipinski definition) is 9. The molecule has 32 heavy (non-hydrogen) atoms. The molecule has 0 saturated carbocycles. The van der Waals surface area contributed by atoms with E-state index in [4.69, 9.17) is 16.0 Å². The molecule has 0 aromatic carbocycles. The van der Waals surface area contributed by atoms with Gasteiger partial charge in [0.1, 0.15) is 5.69 Å². The zero-order valence-electron chi connectivity index (χ0n) is 18.5. The van der Waals surface area contributed by atoms with Crippen molar-refractivity contribution in [1.29, 1.82) is 0 Å². The molecular weight excluding hydrogens is 472 g/mol. The topological polar surface area (TPSA) is 112 Å². The minimum atomic E-state index is -3.33. The van der Waals surface area contributed by atoms with E-state index in [1.807, 2.05) is 0 Å². The largest absolute Gasteiger partial charge is 0.390 e.